The van der Waals surface area contributed by atoms with Crippen LogP contribution in [0.4, 0.5) is 15.9 Å². The maximum atomic E-state index is 12.8. The number of hydrogen-bond donors (Lipinski definition) is 2. The Bertz CT molecular complexity index is 481. The first-order chi connectivity index (χ1) is 7.16. The highest BCUT2D eigenvalue weighted by Gasteiger charge is 2.03. The van der Waals surface area contributed by atoms with Crippen LogP contribution in [0.15, 0.2) is 30.6 Å². The van der Waals surface area contributed by atoms with E-state index in [0.29, 0.717) is 11.4 Å². The molecular weight excluding hydrogens is 195 g/mol. The molecule has 0 spiro atoms. The van der Waals surface area contributed by atoms with E-state index < -0.39 is 5.95 Å². The predicted molar refractivity (Wildman–Crippen MR) is 56.3 cm³/mol. The van der Waals surface area contributed by atoms with Gasteiger partial charge in [0.25, 0.3) is 0 Å². The van der Waals surface area contributed by atoms with Gasteiger partial charge in [-0.1, -0.05) is 0 Å². The third-order valence-electron chi connectivity index (χ3n) is 1.99. The number of hydrogen-bond acceptors (Lipinski definition) is 4. The monoisotopic (exact) mass is 204 g/mol. The number of anilines is 2. The second kappa shape index (κ2) is 3.53. The Morgan fingerprint density at radius 2 is 1.73 bits per heavy atom. The van der Waals surface area contributed by atoms with Crippen LogP contribution in [0.25, 0.3) is 11.1 Å². The molecule has 2 rings (SSSR count). The van der Waals surface area contributed by atoms with E-state index in [9.17, 15) is 4.39 Å². The third-order valence-corrected chi connectivity index (χ3v) is 1.99. The molecule has 0 saturated heterocycles. The zero-order chi connectivity index (χ0) is 10.8. The number of halogens is 1. The number of nitrogen functional groups attached to an aromatic ring is 2. The zero-order valence-electron chi connectivity index (χ0n) is 7.81. The van der Waals surface area contributed by atoms with Crippen LogP contribution in [0.5, 0.6) is 0 Å². The number of rotatable bonds is 1. The van der Waals surface area contributed by atoms with E-state index >= 15 is 0 Å². The summed E-state index contributed by atoms with van der Waals surface area (Å²) in [5.74, 6) is -0.232. The average Bonchev–Trinajstić information content (AvgIpc) is 2.23. The van der Waals surface area contributed by atoms with Gasteiger partial charge in [0.1, 0.15) is 5.82 Å². The van der Waals surface area contributed by atoms with E-state index in [4.69, 9.17) is 11.5 Å². The Morgan fingerprint density at radius 3 is 2.33 bits per heavy atom. The van der Waals surface area contributed by atoms with Gasteiger partial charge in [-0.3, -0.25) is 0 Å². The Kier molecular flexibility index (Phi) is 2.21. The van der Waals surface area contributed by atoms with Gasteiger partial charge in [-0.05, 0) is 18.2 Å². The van der Waals surface area contributed by atoms with Crippen LogP contribution in [-0.2, 0) is 0 Å². The van der Waals surface area contributed by atoms with Gasteiger partial charge in [0.2, 0.25) is 5.95 Å². The fraction of sp³-hybridized carbons (Fsp3) is 0. The van der Waals surface area contributed by atoms with Crippen LogP contribution in [-0.4, -0.2) is 9.97 Å². The van der Waals surface area contributed by atoms with Crippen LogP contribution >= 0.6 is 0 Å². The van der Waals surface area contributed by atoms with Crippen LogP contribution in [0, 0.1) is 5.95 Å². The van der Waals surface area contributed by atoms with Crippen LogP contribution in [0.3, 0.4) is 0 Å². The molecular formula is C10H9FN4. The molecule has 0 bridgehead atoms. The second-order valence-corrected chi connectivity index (χ2v) is 3.08. The molecule has 0 atom stereocenters. The summed E-state index contributed by atoms with van der Waals surface area (Å²) in [6.45, 7) is 0. The van der Waals surface area contributed by atoms with E-state index in [1.54, 1.807) is 18.3 Å². The molecule has 0 aromatic carbocycles. The summed E-state index contributed by atoms with van der Waals surface area (Å²) >= 11 is 0. The van der Waals surface area contributed by atoms with Gasteiger partial charge >= 0.3 is 0 Å². The number of pyridine rings is 2. The van der Waals surface area contributed by atoms with Crippen molar-refractivity contribution in [1.29, 1.82) is 0 Å². The minimum Gasteiger partial charge on any atom is -0.395 e. The fourth-order valence-corrected chi connectivity index (χ4v) is 1.20. The summed E-state index contributed by atoms with van der Waals surface area (Å²) in [5, 5.41) is 0. The molecule has 2 aromatic heterocycles. The van der Waals surface area contributed by atoms with E-state index in [1.165, 1.54) is 12.3 Å². The highest BCUT2D eigenvalue weighted by Crippen LogP contribution is 2.21. The molecule has 0 amide bonds. The molecule has 4 nitrogen and oxygen atoms in total. The molecule has 0 aliphatic carbocycles. The van der Waals surface area contributed by atoms with Gasteiger partial charge in [-0.2, -0.15) is 4.39 Å². The molecule has 4 N–H and O–H groups in total. The van der Waals surface area contributed by atoms with Gasteiger partial charge in [0, 0.05) is 23.5 Å². The first-order valence-corrected chi connectivity index (χ1v) is 4.30. The van der Waals surface area contributed by atoms with Gasteiger partial charge in [0.15, 0.2) is 0 Å². The molecule has 15 heavy (non-hydrogen) atoms. The summed E-state index contributed by atoms with van der Waals surface area (Å²) in [6.07, 6.45) is 2.99. The molecule has 0 radical (unpaired) electrons. The molecule has 2 heterocycles. The van der Waals surface area contributed by atoms with E-state index in [0.717, 1.165) is 5.56 Å². The number of nitrogens with two attached hydrogens (primary N) is 2. The van der Waals surface area contributed by atoms with Crippen LogP contribution < -0.4 is 11.5 Å². The Hall–Kier alpha value is -2.17. The van der Waals surface area contributed by atoms with Crippen LogP contribution in [0.1, 0.15) is 0 Å². The molecule has 2 aromatic rings. The lowest BCUT2D eigenvalue weighted by Gasteiger charge is -2.02. The van der Waals surface area contributed by atoms with Crippen molar-refractivity contribution in [3.8, 4) is 11.1 Å². The van der Waals surface area contributed by atoms with E-state index in [1.807, 2.05) is 0 Å². The predicted octanol–water partition coefficient (Wildman–Crippen LogP) is 1.45. The van der Waals surface area contributed by atoms with Crippen molar-refractivity contribution in [2.24, 2.45) is 0 Å². The Morgan fingerprint density at radius 1 is 1.00 bits per heavy atom. The first kappa shape index (κ1) is 9.39. The van der Waals surface area contributed by atoms with E-state index in [-0.39, 0.29) is 5.69 Å². The van der Waals surface area contributed by atoms with Crippen LogP contribution in [0.2, 0.25) is 0 Å². The summed E-state index contributed by atoms with van der Waals surface area (Å²) in [7, 11) is 0. The van der Waals surface area contributed by atoms with Gasteiger partial charge in [0.05, 0.1) is 5.69 Å². The normalized spacial score (nSPS) is 10.2. The molecule has 5 heteroatoms. The lowest BCUT2D eigenvalue weighted by Crippen LogP contribution is -1.95. The largest absolute Gasteiger partial charge is 0.395 e. The summed E-state index contributed by atoms with van der Waals surface area (Å²) in [6, 6.07) is 4.95. The summed E-state index contributed by atoms with van der Waals surface area (Å²) in [5.41, 5.74) is 12.4. The highest BCUT2D eigenvalue weighted by molar-refractivity contribution is 5.65. The molecule has 0 aliphatic rings. The second-order valence-electron chi connectivity index (χ2n) is 3.08. The molecule has 76 valence electrons. The van der Waals surface area contributed by atoms with Gasteiger partial charge < -0.3 is 11.5 Å². The maximum absolute atomic E-state index is 12.8. The smallest absolute Gasteiger partial charge is 0.236 e. The molecule has 0 aliphatic heterocycles. The topological polar surface area (TPSA) is 77.8 Å². The minimum absolute atomic E-state index is 0.0179. The summed E-state index contributed by atoms with van der Waals surface area (Å²) < 4.78 is 12.8. The number of aromatic nitrogens is 2. The summed E-state index contributed by atoms with van der Waals surface area (Å²) in [4.78, 5) is 7.45. The van der Waals surface area contributed by atoms with Crippen molar-refractivity contribution in [2.45, 2.75) is 0 Å². The van der Waals surface area contributed by atoms with E-state index in [2.05, 4.69) is 9.97 Å². The molecule has 0 saturated carbocycles. The van der Waals surface area contributed by atoms with Crippen molar-refractivity contribution >= 4 is 11.5 Å². The average molecular weight is 204 g/mol. The molecule has 0 fully saturated rings. The standard InChI is InChI=1S/C10H9FN4/c11-10-8(12)3-7(5-15-10)6-1-2-9(13)14-4-6/h1-5H,12H2,(H2,13,14). The van der Waals surface area contributed by atoms with Crippen molar-refractivity contribution in [2.75, 3.05) is 11.5 Å². The minimum atomic E-state index is -0.665. The Labute approximate surface area is 85.8 Å². The first-order valence-electron chi connectivity index (χ1n) is 4.30. The molecule has 0 unspecified atom stereocenters. The van der Waals surface area contributed by atoms with Gasteiger partial charge in [-0.25, -0.2) is 9.97 Å². The van der Waals surface area contributed by atoms with Crippen molar-refractivity contribution in [1.82, 2.24) is 9.97 Å². The zero-order valence-corrected chi connectivity index (χ0v) is 7.81. The maximum Gasteiger partial charge on any atom is 0.236 e. The lowest BCUT2D eigenvalue weighted by molar-refractivity contribution is 0.589. The van der Waals surface area contributed by atoms with Crippen molar-refractivity contribution < 1.29 is 4.39 Å². The quantitative estimate of drug-likeness (QED) is 0.689. The number of nitrogens with zero attached hydrogens (tertiary/aromatic N) is 2. The van der Waals surface area contributed by atoms with Crippen molar-refractivity contribution in [3.63, 3.8) is 0 Å². The third kappa shape index (κ3) is 1.85. The van der Waals surface area contributed by atoms with Crippen molar-refractivity contribution in [3.05, 3.63) is 36.5 Å². The Balaban J connectivity index is 2.45. The lowest BCUT2D eigenvalue weighted by atomic mass is 10.1. The fourth-order valence-electron chi connectivity index (χ4n) is 1.20. The highest BCUT2D eigenvalue weighted by atomic mass is 19.1. The SMILES string of the molecule is Nc1ccc(-c2cnc(F)c(N)c2)cn1. The van der Waals surface area contributed by atoms with Gasteiger partial charge in [-0.15, -0.1) is 0 Å².